The zero-order valence-electron chi connectivity index (χ0n) is 22.2. The van der Waals surface area contributed by atoms with Crippen molar-refractivity contribution in [1.29, 1.82) is 0 Å². The molecule has 1 aromatic heterocycles. The zero-order valence-corrected chi connectivity index (χ0v) is 24.6. The van der Waals surface area contributed by atoms with Crippen molar-refractivity contribution < 1.29 is 0 Å². The Labute approximate surface area is 249 Å². The number of thioether (sulfide) groups is 1. The van der Waals surface area contributed by atoms with Crippen LogP contribution in [0, 0.1) is 5.92 Å². The van der Waals surface area contributed by atoms with Gasteiger partial charge in [-0.05, 0) is 83.7 Å². The molecule has 5 aliphatic rings. The zero-order chi connectivity index (χ0) is 26.6. The highest BCUT2D eigenvalue weighted by Crippen LogP contribution is 2.53. The maximum Gasteiger partial charge on any atom is 0.0521 e. The molecule has 4 heteroatoms. The molecule has 0 fully saturated rings. The summed E-state index contributed by atoms with van der Waals surface area (Å²) in [6, 6.07) is 15.9. The molecule has 40 heavy (non-hydrogen) atoms. The van der Waals surface area contributed by atoms with E-state index in [-0.39, 0.29) is 6.04 Å². The van der Waals surface area contributed by atoms with E-state index < -0.39 is 0 Å². The summed E-state index contributed by atoms with van der Waals surface area (Å²) >= 11 is 10.6. The first kappa shape index (κ1) is 24.8. The lowest BCUT2D eigenvalue weighted by Crippen LogP contribution is -2.43. The molecule has 0 amide bonds. The summed E-state index contributed by atoms with van der Waals surface area (Å²) in [4.78, 5) is 7.00. The van der Waals surface area contributed by atoms with Crippen molar-refractivity contribution in [2.75, 3.05) is 0 Å². The molecule has 0 spiro atoms. The Morgan fingerprint density at radius 2 is 1.77 bits per heavy atom. The summed E-state index contributed by atoms with van der Waals surface area (Å²) in [6.45, 7) is 0. The van der Waals surface area contributed by atoms with Crippen LogP contribution in [0.2, 0.25) is 5.02 Å². The van der Waals surface area contributed by atoms with Crippen LogP contribution in [-0.2, 0) is 6.42 Å². The normalized spacial score (nSPS) is 26.2. The fraction of sp³-hybridized carbons (Fsp3) is 0.222. The lowest BCUT2D eigenvalue weighted by molar-refractivity contribution is 0.232. The lowest BCUT2D eigenvalue weighted by Gasteiger charge is -2.42. The summed E-state index contributed by atoms with van der Waals surface area (Å²) < 4.78 is 1.29. The highest BCUT2D eigenvalue weighted by Gasteiger charge is 2.36. The molecule has 0 saturated heterocycles. The van der Waals surface area contributed by atoms with Gasteiger partial charge >= 0.3 is 0 Å². The minimum Gasteiger partial charge on any atom is -0.361 e. The van der Waals surface area contributed by atoms with Crippen LogP contribution in [0.5, 0.6) is 0 Å². The molecule has 0 bridgehead atoms. The summed E-state index contributed by atoms with van der Waals surface area (Å²) in [5, 5.41) is 2.12. The summed E-state index contributed by atoms with van der Waals surface area (Å²) in [6.07, 6.45) is 30.1. The number of thiophene rings is 1. The standard InChI is InChI=1S/C36H30ClNS2/c37-31-10-6-12-35-36(31)30-22-27(18-20-34(30)40-35)38(25-15-13-24(14-16-25)23-7-2-1-3-8-23)26-17-19-33-29(21-26)28-9-4-5-11-32(28)39-33/h1-7,9-15,17-20,23,25,27,29H,8,16,21-22H2. The molecule has 3 aromatic rings. The van der Waals surface area contributed by atoms with Gasteiger partial charge in [-0.15, -0.1) is 11.3 Å². The molecule has 4 unspecified atom stereocenters. The van der Waals surface area contributed by atoms with E-state index in [2.05, 4.69) is 108 Å². The van der Waals surface area contributed by atoms with Crippen LogP contribution in [0.3, 0.4) is 0 Å². The maximum atomic E-state index is 6.78. The minimum absolute atomic E-state index is 0.286. The van der Waals surface area contributed by atoms with Gasteiger partial charge < -0.3 is 4.90 Å². The molecule has 2 aromatic carbocycles. The van der Waals surface area contributed by atoms with Crippen molar-refractivity contribution in [2.24, 2.45) is 5.92 Å². The Balaban J connectivity index is 1.15. The van der Waals surface area contributed by atoms with Gasteiger partial charge in [0.25, 0.3) is 0 Å². The summed E-state index contributed by atoms with van der Waals surface area (Å²) in [5.74, 6) is 0.958. The van der Waals surface area contributed by atoms with Crippen molar-refractivity contribution >= 4 is 50.9 Å². The molecule has 4 aliphatic carbocycles. The van der Waals surface area contributed by atoms with Crippen LogP contribution >= 0.6 is 34.7 Å². The third-order valence-electron chi connectivity index (χ3n) is 8.96. The number of rotatable bonds is 4. The van der Waals surface area contributed by atoms with Crippen molar-refractivity contribution in [1.82, 2.24) is 4.90 Å². The van der Waals surface area contributed by atoms with E-state index in [9.17, 15) is 0 Å². The number of hydrogen-bond donors (Lipinski definition) is 0. The molecule has 0 N–H and O–H groups in total. The smallest absolute Gasteiger partial charge is 0.0521 e. The van der Waals surface area contributed by atoms with Gasteiger partial charge in [0.05, 0.1) is 12.1 Å². The van der Waals surface area contributed by atoms with Crippen molar-refractivity contribution in [3.8, 4) is 0 Å². The minimum atomic E-state index is 0.286. The van der Waals surface area contributed by atoms with Gasteiger partial charge in [-0.2, -0.15) is 0 Å². The topological polar surface area (TPSA) is 3.24 Å². The van der Waals surface area contributed by atoms with Crippen LogP contribution in [0.4, 0.5) is 0 Å². The first-order chi connectivity index (χ1) is 19.7. The molecule has 198 valence electrons. The Hall–Kier alpha value is -2.98. The van der Waals surface area contributed by atoms with Gasteiger partial charge in [0.2, 0.25) is 0 Å². The fourth-order valence-electron chi connectivity index (χ4n) is 7.02. The highest BCUT2D eigenvalue weighted by molar-refractivity contribution is 8.03. The highest BCUT2D eigenvalue weighted by atomic mass is 35.5. The van der Waals surface area contributed by atoms with Crippen LogP contribution in [0.15, 0.2) is 124 Å². The van der Waals surface area contributed by atoms with E-state index in [4.69, 9.17) is 11.6 Å². The molecule has 2 heterocycles. The van der Waals surface area contributed by atoms with Crippen LogP contribution < -0.4 is 0 Å². The Kier molecular flexibility index (Phi) is 6.28. The third kappa shape index (κ3) is 4.22. The Bertz CT molecular complexity index is 1730. The third-order valence-corrected chi connectivity index (χ3v) is 11.7. The fourth-order valence-corrected chi connectivity index (χ4v) is 9.75. The quantitative estimate of drug-likeness (QED) is 0.304. The van der Waals surface area contributed by atoms with E-state index in [1.165, 1.54) is 47.2 Å². The molecule has 8 rings (SSSR count). The van der Waals surface area contributed by atoms with E-state index in [0.29, 0.717) is 17.9 Å². The average molecular weight is 576 g/mol. The van der Waals surface area contributed by atoms with Crippen LogP contribution in [-0.4, -0.2) is 17.0 Å². The van der Waals surface area contributed by atoms with Gasteiger partial charge in [-0.3, -0.25) is 0 Å². The molecule has 0 radical (unpaired) electrons. The molecule has 1 nitrogen and oxygen atoms in total. The second kappa shape index (κ2) is 10.1. The summed E-state index contributed by atoms with van der Waals surface area (Å²) in [7, 11) is 0. The number of halogens is 1. The van der Waals surface area contributed by atoms with E-state index in [1.807, 2.05) is 29.2 Å². The molecule has 4 atom stereocenters. The first-order valence-corrected chi connectivity index (χ1v) is 16.3. The van der Waals surface area contributed by atoms with Gasteiger partial charge in [-0.25, -0.2) is 0 Å². The predicted molar refractivity (Wildman–Crippen MR) is 173 cm³/mol. The molecule has 1 aliphatic heterocycles. The monoisotopic (exact) mass is 575 g/mol. The number of benzene rings is 2. The van der Waals surface area contributed by atoms with Crippen LogP contribution in [0.1, 0.15) is 41.2 Å². The van der Waals surface area contributed by atoms with Crippen LogP contribution in [0.25, 0.3) is 16.2 Å². The Morgan fingerprint density at radius 1 is 0.850 bits per heavy atom. The van der Waals surface area contributed by atoms with Gasteiger partial charge in [0.1, 0.15) is 0 Å². The second-order valence-electron chi connectivity index (χ2n) is 11.2. The number of nitrogens with zero attached hydrogens (tertiary/aromatic N) is 1. The predicted octanol–water partition coefficient (Wildman–Crippen LogP) is 10.2. The molecule has 0 saturated carbocycles. The summed E-state index contributed by atoms with van der Waals surface area (Å²) in [5.41, 5.74) is 5.80. The average Bonchev–Trinajstić information content (AvgIpc) is 3.57. The molecular formula is C36H30ClNS2. The van der Waals surface area contributed by atoms with Crippen molar-refractivity contribution in [3.63, 3.8) is 0 Å². The maximum absolute atomic E-state index is 6.78. The first-order valence-electron chi connectivity index (χ1n) is 14.3. The second-order valence-corrected chi connectivity index (χ2v) is 13.8. The number of fused-ring (bicyclic) bond motifs is 6. The SMILES string of the molecule is Clc1cccc2sc3c(c12)CC(N(C1=CC=C2Sc4ccccc4C2C1)C1C=CC(C2C=CC=CC2)=CC1)C=C3. The number of allylic oxidation sites excluding steroid dienone is 10. The van der Waals surface area contributed by atoms with E-state index in [0.717, 1.165) is 30.7 Å². The van der Waals surface area contributed by atoms with E-state index >= 15 is 0 Å². The van der Waals surface area contributed by atoms with Gasteiger partial charge in [-0.1, -0.05) is 96.2 Å². The number of hydrogen-bond acceptors (Lipinski definition) is 3. The van der Waals surface area contributed by atoms with Crippen molar-refractivity contribution in [2.45, 2.75) is 48.6 Å². The largest absolute Gasteiger partial charge is 0.361 e. The van der Waals surface area contributed by atoms with Gasteiger partial charge in [0.15, 0.2) is 0 Å². The van der Waals surface area contributed by atoms with Crippen molar-refractivity contribution in [3.05, 3.63) is 140 Å². The van der Waals surface area contributed by atoms with Gasteiger partial charge in [0, 0.05) is 42.4 Å². The molecular weight excluding hydrogens is 546 g/mol. The lowest BCUT2D eigenvalue weighted by atomic mass is 9.85. The van der Waals surface area contributed by atoms with E-state index in [1.54, 1.807) is 0 Å². The Morgan fingerprint density at radius 3 is 2.65 bits per heavy atom.